The van der Waals surface area contributed by atoms with E-state index in [1.807, 2.05) is 52.0 Å². The first kappa shape index (κ1) is 18.9. The van der Waals surface area contributed by atoms with Gasteiger partial charge in [0.15, 0.2) is 5.16 Å². The van der Waals surface area contributed by atoms with Crippen molar-refractivity contribution in [1.82, 2.24) is 15.3 Å². The van der Waals surface area contributed by atoms with Crippen LogP contribution in [0.5, 0.6) is 0 Å². The Kier molecular flexibility index (Phi) is 6.52. The molecule has 1 aromatic carbocycles. The lowest BCUT2D eigenvalue weighted by atomic mass is 10.1. The van der Waals surface area contributed by atoms with Gasteiger partial charge in [0.25, 0.3) is 0 Å². The molecule has 0 spiro atoms. The first-order chi connectivity index (χ1) is 11.8. The molecular formula is C18H22N4O2S. The van der Waals surface area contributed by atoms with Crippen LogP contribution in [-0.4, -0.2) is 34.1 Å². The van der Waals surface area contributed by atoms with Crippen LogP contribution in [0.1, 0.15) is 22.5 Å². The van der Waals surface area contributed by atoms with E-state index in [1.54, 1.807) is 0 Å². The number of benzene rings is 1. The Hall–Kier alpha value is -2.41. The summed E-state index contributed by atoms with van der Waals surface area (Å²) in [6, 6.07) is 7.68. The van der Waals surface area contributed by atoms with E-state index in [-0.39, 0.29) is 24.1 Å². The molecule has 2 aromatic rings. The van der Waals surface area contributed by atoms with Crippen LogP contribution in [0.3, 0.4) is 0 Å². The van der Waals surface area contributed by atoms with Gasteiger partial charge in [0.05, 0.1) is 12.3 Å². The number of hydrogen-bond acceptors (Lipinski definition) is 5. The minimum atomic E-state index is -0.251. The second kappa shape index (κ2) is 8.62. The van der Waals surface area contributed by atoms with Crippen LogP contribution in [0.15, 0.2) is 29.4 Å². The molecule has 0 radical (unpaired) electrons. The Balaban J connectivity index is 1.80. The zero-order chi connectivity index (χ0) is 18.4. The summed E-state index contributed by atoms with van der Waals surface area (Å²) in [5.74, 6) is -0.317. The Morgan fingerprint density at radius 2 is 1.60 bits per heavy atom. The zero-order valence-electron chi connectivity index (χ0n) is 14.8. The number of amides is 2. The SMILES string of the molecule is Cc1cc(C)nc(SCC(=O)NCC(=O)Nc2c(C)cccc2C)n1. The topological polar surface area (TPSA) is 84.0 Å². The number of aromatic nitrogens is 2. The molecule has 0 bridgehead atoms. The molecule has 132 valence electrons. The summed E-state index contributed by atoms with van der Waals surface area (Å²) in [6.45, 7) is 7.57. The summed E-state index contributed by atoms with van der Waals surface area (Å²) in [5.41, 5.74) is 4.50. The van der Waals surface area contributed by atoms with Crippen LogP contribution >= 0.6 is 11.8 Å². The molecule has 2 N–H and O–H groups in total. The van der Waals surface area contributed by atoms with E-state index in [2.05, 4.69) is 20.6 Å². The van der Waals surface area contributed by atoms with E-state index in [4.69, 9.17) is 0 Å². The fraction of sp³-hybridized carbons (Fsp3) is 0.333. The molecule has 2 rings (SSSR count). The van der Waals surface area contributed by atoms with Crippen LogP contribution in [0.25, 0.3) is 0 Å². The highest BCUT2D eigenvalue weighted by Crippen LogP contribution is 2.19. The van der Waals surface area contributed by atoms with Gasteiger partial charge in [-0.2, -0.15) is 0 Å². The summed E-state index contributed by atoms with van der Waals surface area (Å²) in [5, 5.41) is 6.01. The molecule has 6 nitrogen and oxygen atoms in total. The Morgan fingerprint density at radius 1 is 1.00 bits per heavy atom. The number of carbonyl (C=O) groups excluding carboxylic acids is 2. The second-order valence-corrected chi connectivity index (χ2v) is 6.76. The van der Waals surface area contributed by atoms with Crippen molar-refractivity contribution in [2.75, 3.05) is 17.6 Å². The summed E-state index contributed by atoms with van der Waals surface area (Å²) < 4.78 is 0. The number of thioether (sulfide) groups is 1. The van der Waals surface area contributed by atoms with Gasteiger partial charge in [-0.1, -0.05) is 30.0 Å². The lowest BCUT2D eigenvalue weighted by Crippen LogP contribution is -2.34. The van der Waals surface area contributed by atoms with E-state index in [0.29, 0.717) is 5.16 Å². The number of carbonyl (C=O) groups is 2. The molecule has 0 saturated carbocycles. The van der Waals surface area contributed by atoms with Gasteiger partial charge < -0.3 is 10.6 Å². The van der Waals surface area contributed by atoms with E-state index in [9.17, 15) is 9.59 Å². The van der Waals surface area contributed by atoms with Gasteiger partial charge in [-0.05, 0) is 44.9 Å². The van der Waals surface area contributed by atoms with Gasteiger partial charge >= 0.3 is 0 Å². The Bertz CT molecular complexity index is 752. The number of hydrogen-bond donors (Lipinski definition) is 2. The smallest absolute Gasteiger partial charge is 0.243 e. The molecule has 0 atom stereocenters. The lowest BCUT2D eigenvalue weighted by Gasteiger charge is -2.11. The number of aryl methyl sites for hydroxylation is 4. The zero-order valence-corrected chi connectivity index (χ0v) is 15.7. The molecule has 0 saturated heterocycles. The standard InChI is InChI=1S/C18H22N4O2S/c1-11-6-5-7-12(2)17(11)22-15(23)9-19-16(24)10-25-18-20-13(3)8-14(4)21-18/h5-8H,9-10H2,1-4H3,(H,19,24)(H,22,23). The summed E-state index contributed by atoms with van der Waals surface area (Å²) in [4.78, 5) is 32.5. The fourth-order valence-electron chi connectivity index (χ4n) is 2.31. The fourth-order valence-corrected chi connectivity index (χ4v) is 3.09. The number of nitrogens with zero attached hydrogens (tertiary/aromatic N) is 2. The second-order valence-electron chi connectivity index (χ2n) is 5.81. The molecule has 0 aliphatic carbocycles. The third kappa shape index (κ3) is 5.86. The van der Waals surface area contributed by atoms with Crippen LogP contribution in [0.2, 0.25) is 0 Å². The van der Waals surface area contributed by atoms with Crippen LogP contribution in [0, 0.1) is 27.7 Å². The van der Waals surface area contributed by atoms with E-state index < -0.39 is 0 Å². The first-order valence-corrected chi connectivity index (χ1v) is 8.91. The maximum atomic E-state index is 12.0. The van der Waals surface area contributed by atoms with Gasteiger partial charge in [-0.25, -0.2) is 9.97 Å². The predicted octanol–water partition coefficient (Wildman–Crippen LogP) is 2.56. The largest absolute Gasteiger partial charge is 0.346 e. The number of anilines is 1. The summed E-state index contributed by atoms with van der Waals surface area (Å²) in [7, 11) is 0. The summed E-state index contributed by atoms with van der Waals surface area (Å²) in [6.07, 6.45) is 0. The molecule has 0 fully saturated rings. The van der Waals surface area contributed by atoms with Gasteiger partial charge in [0.1, 0.15) is 0 Å². The third-order valence-electron chi connectivity index (χ3n) is 3.49. The van der Waals surface area contributed by atoms with Crippen molar-refractivity contribution in [1.29, 1.82) is 0 Å². The molecule has 25 heavy (non-hydrogen) atoms. The van der Waals surface area contributed by atoms with Crippen LogP contribution in [0.4, 0.5) is 5.69 Å². The molecule has 0 aliphatic heterocycles. The van der Waals surface area contributed by atoms with E-state index >= 15 is 0 Å². The van der Waals surface area contributed by atoms with Crippen molar-refractivity contribution in [3.05, 3.63) is 46.8 Å². The Morgan fingerprint density at radius 3 is 2.20 bits per heavy atom. The van der Waals surface area contributed by atoms with Crippen LogP contribution < -0.4 is 10.6 Å². The average molecular weight is 358 g/mol. The van der Waals surface area contributed by atoms with Gasteiger partial charge in [0, 0.05) is 17.1 Å². The van der Waals surface area contributed by atoms with Gasteiger partial charge in [-0.3, -0.25) is 9.59 Å². The number of para-hydroxylation sites is 1. The van der Waals surface area contributed by atoms with E-state index in [1.165, 1.54) is 11.8 Å². The van der Waals surface area contributed by atoms with Gasteiger partial charge in [-0.15, -0.1) is 0 Å². The average Bonchev–Trinajstić information content (AvgIpc) is 2.53. The highest BCUT2D eigenvalue weighted by Gasteiger charge is 2.10. The monoisotopic (exact) mass is 358 g/mol. The quantitative estimate of drug-likeness (QED) is 0.612. The molecule has 1 heterocycles. The molecular weight excluding hydrogens is 336 g/mol. The highest BCUT2D eigenvalue weighted by molar-refractivity contribution is 7.99. The lowest BCUT2D eigenvalue weighted by molar-refractivity contribution is -0.122. The molecule has 7 heteroatoms. The van der Waals surface area contributed by atoms with Crippen LogP contribution in [-0.2, 0) is 9.59 Å². The minimum Gasteiger partial charge on any atom is -0.346 e. The molecule has 2 amide bonds. The van der Waals surface area contributed by atoms with Crippen molar-refractivity contribution >= 4 is 29.3 Å². The number of nitrogens with one attached hydrogen (secondary N) is 2. The van der Waals surface area contributed by atoms with Crippen molar-refractivity contribution in [2.45, 2.75) is 32.9 Å². The maximum Gasteiger partial charge on any atom is 0.243 e. The van der Waals surface area contributed by atoms with Gasteiger partial charge in [0.2, 0.25) is 11.8 Å². The van der Waals surface area contributed by atoms with Crippen molar-refractivity contribution in [3.8, 4) is 0 Å². The third-order valence-corrected chi connectivity index (χ3v) is 4.33. The number of rotatable bonds is 6. The first-order valence-electron chi connectivity index (χ1n) is 7.93. The highest BCUT2D eigenvalue weighted by atomic mass is 32.2. The minimum absolute atomic E-state index is 0.0686. The Labute approximate surface area is 151 Å². The molecule has 1 aromatic heterocycles. The van der Waals surface area contributed by atoms with Crippen molar-refractivity contribution < 1.29 is 9.59 Å². The van der Waals surface area contributed by atoms with Crippen molar-refractivity contribution in [2.24, 2.45) is 0 Å². The van der Waals surface area contributed by atoms with E-state index in [0.717, 1.165) is 28.2 Å². The predicted molar refractivity (Wildman–Crippen MR) is 99.8 cm³/mol. The molecule has 0 unspecified atom stereocenters. The molecule has 0 aliphatic rings. The van der Waals surface area contributed by atoms with Crippen molar-refractivity contribution in [3.63, 3.8) is 0 Å². The normalized spacial score (nSPS) is 10.4. The maximum absolute atomic E-state index is 12.0. The summed E-state index contributed by atoms with van der Waals surface area (Å²) >= 11 is 1.25.